The van der Waals surface area contributed by atoms with Crippen LogP contribution in [0.3, 0.4) is 0 Å². The number of hydrogen-bond donors (Lipinski definition) is 14. The Bertz CT molecular complexity index is 2970. The van der Waals surface area contributed by atoms with Gasteiger partial charge in [-0.15, -0.1) is 0 Å². The van der Waals surface area contributed by atoms with Gasteiger partial charge in [-0.25, -0.2) is 0 Å². The van der Waals surface area contributed by atoms with Crippen LogP contribution in [-0.2, 0) is 61.0 Å². The van der Waals surface area contributed by atoms with Crippen LogP contribution in [0.4, 0.5) is 0 Å². The molecule has 2 aromatic rings. The first kappa shape index (κ1) is 146. The van der Waals surface area contributed by atoms with Crippen molar-refractivity contribution in [2.75, 3.05) is 65.6 Å². The van der Waals surface area contributed by atoms with Gasteiger partial charge in [-0.1, -0.05) is 298 Å². The first-order valence-electron chi connectivity index (χ1n) is 53.8. The molecule has 10 atom stereocenters. The number of pyridine rings is 2. The van der Waals surface area contributed by atoms with Gasteiger partial charge in [0.15, 0.2) is 0 Å². The number of nitrogens with one attached hydrogen (secondary N) is 8. The minimum Gasteiger partial charge on any atom is -0.395 e. The number of aliphatic hydroxyl groups excluding tert-OH is 2. The zero-order chi connectivity index (χ0) is 108. The van der Waals surface area contributed by atoms with Gasteiger partial charge in [-0.2, -0.15) is 0 Å². The van der Waals surface area contributed by atoms with E-state index in [2.05, 4.69) is 260 Å². The average molecular weight is 1960 g/mol. The minimum atomic E-state index is -0.830. The standard InChI is InChI=1S/2C14H22N2O.2C12H25NO2.2C10H22N2O.2C10H21NO2.2C10H20O/c2*1-4-7-13(11(2)3)14(17)16-10-12-8-5-6-9-15-12;2*1-6-7-10(9(2)3)11(14)13-8-12(4,5)15;2*1-4-5-9(8(2)3)10(13)12-7-6-11;2*1-4-5-9(8(2)3)10(13)11-6-7-12;2*1-5-7-9(8(3)4)10(11)6-2/h2*5-6,8-9,11,13H,4,7,10H2,1-3H3,(H,16,17);2*9-10,15H,6-8H2,1-5H3,(H,13,14);2*8-9H,4-7,11H2,1-3H3,(H,12,13);2*8-9,12H,4-7H2,1-3H3,(H,11,13);2*8-9H,5-7H2,1-4H3/t2*13-;2*10-;6*9-/m1010101010/s1. The summed E-state index contributed by atoms with van der Waals surface area (Å²) in [5.74, 6) is 7.31. The molecule has 0 spiro atoms. The van der Waals surface area contributed by atoms with E-state index in [0.717, 1.165) is 140 Å². The van der Waals surface area contributed by atoms with Crippen molar-refractivity contribution in [3.63, 3.8) is 0 Å². The molecule has 138 heavy (non-hydrogen) atoms. The summed E-state index contributed by atoms with van der Waals surface area (Å²) in [7, 11) is 0. The van der Waals surface area contributed by atoms with Gasteiger partial charge in [0.2, 0.25) is 47.3 Å². The molecule has 2 rings (SSSR count). The summed E-state index contributed by atoms with van der Waals surface area (Å²) < 4.78 is 0. The van der Waals surface area contributed by atoms with Crippen molar-refractivity contribution in [1.82, 2.24) is 52.5 Å². The number of carbonyl (C=O) groups is 10. The number of hydrogen-bond acceptors (Lipinski definition) is 18. The predicted octanol–water partition coefficient (Wildman–Crippen LogP) is 20.1. The van der Waals surface area contributed by atoms with Gasteiger partial charge in [0.05, 0.1) is 48.9 Å². The molecule has 0 saturated carbocycles. The highest BCUT2D eigenvalue weighted by molar-refractivity contribution is 5.83. The van der Waals surface area contributed by atoms with E-state index in [4.69, 9.17) is 21.7 Å². The van der Waals surface area contributed by atoms with Crippen LogP contribution < -0.4 is 54.0 Å². The molecule has 26 heteroatoms. The van der Waals surface area contributed by atoms with Crippen LogP contribution in [0, 0.1) is 118 Å². The van der Waals surface area contributed by atoms with E-state index in [9.17, 15) is 58.2 Å². The summed E-state index contributed by atoms with van der Waals surface area (Å²) in [6.07, 6.45) is 25.0. The van der Waals surface area contributed by atoms with Crippen molar-refractivity contribution in [1.29, 1.82) is 0 Å². The van der Waals surface area contributed by atoms with E-state index in [1.807, 2.05) is 50.2 Å². The number of Topliss-reactive ketones (excluding diaryl/α,β-unsaturated/α-hetero) is 2. The second-order valence-corrected chi connectivity index (χ2v) is 41.4. The lowest BCUT2D eigenvalue weighted by Gasteiger charge is -2.23. The number of rotatable bonds is 58. The molecule has 2 aromatic heterocycles. The van der Waals surface area contributed by atoms with Crippen molar-refractivity contribution in [2.45, 2.75) is 415 Å². The highest BCUT2D eigenvalue weighted by Gasteiger charge is 2.29. The SMILES string of the molecule is CCC[C@@H](C(=O)CC)C(C)C.CCC[C@@H](C(=O)NCC(C)(C)O)C(C)C.CCC[C@@H](C(=O)NCCN)C(C)C.CCC[C@@H](C(=O)NCCO)C(C)C.CCC[C@@H](C(=O)NCc1ccccn1)C(C)C.CCC[C@H](C(=O)CC)C(C)C.CCC[C@H](C(=O)NCC(C)(C)O)C(C)C.CCC[C@H](C(=O)NCCN)C(C)C.CCC[C@H](C(=O)NCCO)C(C)C.CCC[C@H](C(=O)NCc1ccccn1)C(C)C. The molecular formula is C112H220N12O14. The Hall–Kier alpha value is -6.84. The van der Waals surface area contributed by atoms with Gasteiger partial charge in [-0.05, 0) is 175 Å². The summed E-state index contributed by atoms with van der Waals surface area (Å²) in [6.45, 7) is 78.1. The largest absolute Gasteiger partial charge is 0.395 e. The molecule has 0 aliphatic carbocycles. The average Bonchev–Trinajstić information content (AvgIpc) is 0.895. The Morgan fingerprint density at radius 1 is 0.275 bits per heavy atom. The van der Waals surface area contributed by atoms with Gasteiger partial charge in [0, 0.05) is 137 Å². The third kappa shape index (κ3) is 81.7. The van der Waals surface area contributed by atoms with Crippen molar-refractivity contribution >= 4 is 58.8 Å². The molecule has 2 heterocycles. The number of aromatic nitrogens is 2. The van der Waals surface area contributed by atoms with E-state index in [1.54, 1.807) is 40.1 Å². The van der Waals surface area contributed by atoms with Gasteiger partial charge < -0.3 is 74.4 Å². The fourth-order valence-corrected chi connectivity index (χ4v) is 15.3. The van der Waals surface area contributed by atoms with E-state index < -0.39 is 11.2 Å². The number of nitrogens with two attached hydrogens (primary N) is 2. The topological polar surface area (TPSA) is 426 Å². The van der Waals surface area contributed by atoms with Gasteiger partial charge in [0.25, 0.3) is 0 Å². The summed E-state index contributed by atoms with van der Waals surface area (Å²) in [5.41, 5.74) is 10.8. The third-order valence-corrected chi connectivity index (χ3v) is 23.7. The first-order valence-corrected chi connectivity index (χ1v) is 53.8. The molecule has 0 aliphatic rings. The monoisotopic (exact) mass is 1960 g/mol. The molecule has 0 bridgehead atoms. The summed E-state index contributed by atoms with van der Waals surface area (Å²) in [6, 6.07) is 11.5. The zero-order valence-electron chi connectivity index (χ0n) is 95.1. The molecule has 812 valence electrons. The lowest BCUT2D eigenvalue weighted by molar-refractivity contribution is -0.128. The number of amides is 8. The first-order chi connectivity index (χ1) is 64.6. The Balaban J connectivity index is -0.000000228. The van der Waals surface area contributed by atoms with Crippen LogP contribution in [0.2, 0.25) is 0 Å². The van der Waals surface area contributed by atoms with Crippen LogP contribution in [0.15, 0.2) is 48.8 Å². The Labute approximate surface area is 845 Å². The summed E-state index contributed by atoms with van der Waals surface area (Å²) in [4.78, 5) is 125. The number of aliphatic hydroxyl groups is 4. The van der Waals surface area contributed by atoms with Crippen LogP contribution in [-0.4, -0.2) is 166 Å². The highest BCUT2D eigenvalue weighted by Crippen LogP contribution is 2.26. The maximum atomic E-state index is 12.0. The van der Waals surface area contributed by atoms with Crippen LogP contribution in [0.1, 0.15) is 402 Å². The maximum absolute atomic E-state index is 12.0. The second kappa shape index (κ2) is 92.6. The van der Waals surface area contributed by atoms with Crippen LogP contribution in [0.25, 0.3) is 0 Å². The molecule has 8 amide bonds. The fraction of sp³-hybridized carbons (Fsp3) is 0.821. The Kier molecular flexibility index (Phi) is 98.3. The molecular weight excluding hydrogens is 1740 g/mol. The van der Waals surface area contributed by atoms with E-state index in [1.165, 1.54) is 0 Å². The van der Waals surface area contributed by atoms with E-state index in [0.29, 0.717) is 161 Å². The predicted molar refractivity (Wildman–Crippen MR) is 578 cm³/mol. The highest BCUT2D eigenvalue weighted by atomic mass is 16.3. The molecule has 0 unspecified atom stereocenters. The zero-order valence-corrected chi connectivity index (χ0v) is 95.1. The Morgan fingerprint density at radius 3 is 0.594 bits per heavy atom. The number of ketones is 2. The third-order valence-electron chi connectivity index (χ3n) is 23.7. The fourth-order valence-electron chi connectivity index (χ4n) is 15.3. The Morgan fingerprint density at radius 2 is 0.449 bits per heavy atom. The second-order valence-electron chi connectivity index (χ2n) is 41.4. The van der Waals surface area contributed by atoms with Gasteiger partial charge in [0.1, 0.15) is 11.6 Å². The number of carbonyl (C=O) groups excluding carboxylic acids is 10. The number of nitrogens with zero attached hydrogens (tertiary/aromatic N) is 2. The molecule has 0 radical (unpaired) electrons. The molecule has 0 aromatic carbocycles. The quantitative estimate of drug-likeness (QED) is 0.0292. The lowest BCUT2D eigenvalue weighted by Crippen LogP contribution is -2.42. The molecule has 0 saturated heterocycles. The van der Waals surface area contributed by atoms with Gasteiger partial charge >= 0.3 is 0 Å². The molecule has 0 fully saturated rings. The van der Waals surface area contributed by atoms with Gasteiger partial charge in [-0.3, -0.25) is 57.9 Å². The van der Waals surface area contributed by atoms with E-state index in [-0.39, 0.29) is 108 Å². The molecule has 0 aliphatic heterocycles. The summed E-state index contributed by atoms with van der Waals surface area (Å²) >= 11 is 0. The normalized spacial score (nSPS) is 13.2. The molecule has 26 nitrogen and oxygen atoms in total. The summed E-state index contributed by atoms with van der Waals surface area (Å²) in [5, 5.41) is 58.7. The maximum Gasteiger partial charge on any atom is 0.223 e. The van der Waals surface area contributed by atoms with Crippen molar-refractivity contribution in [2.24, 2.45) is 130 Å². The minimum absolute atomic E-state index is 0.0165. The van der Waals surface area contributed by atoms with Crippen molar-refractivity contribution in [3.8, 4) is 0 Å². The van der Waals surface area contributed by atoms with Crippen LogP contribution in [0.5, 0.6) is 0 Å². The molecule has 16 N–H and O–H groups in total. The van der Waals surface area contributed by atoms with Crippen molar-refractivity contribution in [3.05, 3.63) is 60.2 Å². The lowest BCUT2D eigenvalue weighted by atomic mass is 9.87. The smallest absolute Gasteiger partial charge is 0.223 e. The van der Waals surface area contributed by atoms with Crippen LogP contribution >= 0.6 is 0 Å². The van der Waals surface area contributed by atoms with Crippen molar-refractivity contribution < 1.29 is 68.4 Å². The van der Waals surface area contributed by atoms with E-state index >= 15 is 0 Å².